The zero-order valence-corrected chi connectivity index (χ0v) is 16.2. The summed E-state index contributed by atoms with van der Waals surface area (Å²) in [7, 11) is 3.16. The quantitative estimate of drug-likeness (QED) is 0.403. The molecule has 2 aromatic rings. The Labute approximate surface area is 167 Å². The van der Waals surface area contributed by atoms with E-state index in [1.54, 1.807) is 37.3 Å². The van der Waals surface area contributed by atoms with Crippen LogP contribution in [0.5, 0.6) is 11.5 Å². The molecule has 1 aliphatic heterocycles. The number of ether oxygens (including phenoxy) is 2. The van der Waals surface area contributed by atoms with Crippen LogP contribution in [0.1, 0.15) is 16.7 Å². The van der Waals surface area contributed by atoms with Crippen molar-refractivity contribution in [3.8, 4) is 11.5 Å². The van der Waals surface area contributed by atoms with Crippen molar-refractivity contribution in [3.63, 3.8) is 0 Å². The maximum Gasteiger partial charge on any atom is 0.278 e. The van der Waals surface area contributed by atoms with E-state index in [4.69, 9.17) is 14.3 Å². The highest BCUT2D eigenvalue weighted by Crippen LogP contribution is 2.33. The highest BCUT2D eigenvalue weighted by molar-refractivity contribution is 5.85. The predicted octanol–water partition coefficient (Wildman–Crippen LogP) is 2.55. The van der Waals surface area contributed by atoms with E-state index >= 15 is 0 Å². The molecule has 1 aliphatic rings. The molecule has 0 spiro atoms. The fourth-order valence-corrected chi connectivity index (χ4v) is 3.14. The third-order valence-electron chi connectivity index (χ3n) is 4.66. The Bertz CT molecular complexity index is 944. The van der Waals surface area contributed by atoms with Crippen molar-refractivity contribution in [3.05, 3.63) is 63.2 Å². The van der Waals surface area contributed by atoms with Gasteiger partial charge < -0.3 is 19.2 Å². The van der Waals surface area contributed by atoms with Gasteiger partial charge >= 0.3 is 0 Å². The largest absolute Gasteiger partial charge is 0.493 e. The van der Waals surface area contributed by atoms with Crippen LogP contribution in [0.4, 0.5) is 5.69 Å². The van der Waals surface area contributed by atoms with Gasteiger partial charge in [0.15, 0.2) is 18.1 Å². The Balaban J connectivity index is 1.59. The summed E-state index contributed by atoms with van der Waals surface area (Å²) in [4.78, 5) is 29.7. The lowest BCUT2D eigenvalue weighted by atomic mass is 9.99. The van der Waals surface area contributed by atoms with Gasteiger partial charge in [0, 0.05) is 19.2 Å². The number of benzene rings is 2. The van der Waals surface area contributed by atoms with Crippen molar-refractivity contribution in [2.45, 2.75) is 13.0 Å². The van der Waals surface area contributed by atoms with E-state index < -0.39 is 4.92 Å². The van der Waals surface area contributed by atoms with E-state index in [0.29, 0.717) is 36.6 Å². The fourth-order valence-electron chi connectivity index (χ4n) is 3.14. The molecule has 0 atom stereocenters. The molecule has 0 fully saturated rings. The molecule has 0 radical (unpaired) electrons. The lowest BCUT2D eigenvalue weighted by molar-refractivity contribution is -0.385. The Hall–Kier alpha value is -3.62. The monoisotopic (exact) mass is 399 g/mol. The summed E-state index contributed by atoms with van der Waals surface area (Å²) in [6.07, 6.45) is 1.93. The van der Waals surface area contributed by atoms with Crippen molar-refractivity contribution >= 4 is 17.8 Å². The maximum absolute atomic E-state index is 12.4. The number of nitro benzene ring substituents is 1. The van der Waals surface area contributed by atoms with E-state index in [1.807, 2.05) is 12.1 Å². The molecule has 0 unspecified atom stereocenters. The number of oxime groups is 1. The van der Waals surface area contributed by atoms with Gasteiger partial charge in [-0.3, -0.25) is 14.9 Å². The standard InChI is InChI=1S/C20H21N3O6/c1-27-18-9-14-7-8-22(12-16(14)10-19(18)28-2)20(24)13-29-21-11-15-5-3-4-6-17(15)23(25)26/h3-6,9-11H,7-8,12-13H2,1-2H3/b21-11+. The normalized spacial score (nSPS) is 13.1. The number of hydrogen-bond donors (Lipinski definition) is 0. The molecule has 0 saturated carbocycles. The van der Waals surface area contributed by atoms with Crippen LogP contribution in [0.25, 0.3) is 0 Å². The number of carbonyl (C=O) groups is 1. The Morgan fingerprint density at radius 1 is 1.21 bits per heavy atom. The zero-order chi connectivity index (χ0) is 20.8. The average molecular weight is 399 g/mol. The number of para-hydroxylation sites is 1. The van der Waals surface area contributed by atoms with Crippen LogP contribution in [-0.4, -0.2) is 49.3 Å². The van der Waals surface area contributed by atoms with Gasteiger partial charge in [0.2, 0.25) is 0 Å². The summed E-state index contributed by atoms with van der Waals surface area (Å²) in [5.41, 5.74) is 2.33. The third kappa shape index (κ3) is 4.63. The number of nitrogens with zero attached hydrogens (tertiary/aromatic N) is 3. The number of rotatable bonds is 7. The van der Waals surface area contributed by atoms with Gasteiger partial charge in [-0.2, -0.15) is 0 Å². The van der Waals surface area contributed by atoms with E-state index in [2.05, 4.69) is 5.16 Å². The number of fused-ring (bicyclic) bond motifs is 1. The fraction of sp³-hybridized carbons (Fsp3) is 0.300. The molecule has 1 amide bonds. The van der Waals surface area contributed by atoms with Gasteiger partial charge in [-0.15, -0.1) is 0 Å². The summed E-state index contributed by atoms with van der Waals surface area (Å²) in [5, 5.41) is 14.7. The van der Waals surface area contributed by atoms with Crippen LogP contribution in [-0.2, 0) is 22.6 Å². The molecule has 1 heterocycles. The summed E-state index contributed by atoms with van der Waals surface area (Å²) < 4.78 is 10.6. The average Bonchev–Trinajstić information content (AvgIpc) is 2.75. The second-order valence-corrected chi connectivity index (χ2v) is 6.37. The van der Waals surface area contributed by atoms with Gasteiger partial charge in [0.05, 0.1) is 30.9 Å². The van der Waals surface area contributed by atoms with Crippen molar-refractivity contribution in [1.29, 1.82) is 0 Å². The SMILES string of the molecule is COc1cc2c(cc1OC)CN(C(=O)CO/N=C/c1ccccc1[N+](=O)[O-])CC2. The molecule has 9 heteroatoms. The Morgan fingerprint density at radius 2 is 1.90 bits per heavy atom. The predicted molar refractivity (Wildman–Crippen MR) is 105 cm³/mol. The molecule has 0 aliphatic carbocycles. The number of carbonyl (C=O) groups excluding carboxylic acids is 1. The van der Waals surface area contributed by atoms with Crippen LogP contribution >= 0.6 is 0 Å². The van der Waals surface area contributed by atoms with Crippen LogP contribution in [0.3, 0.4) is 0 Å². The van der Waals surface area contributed by atoms with Crippen LogP contribution in [0.15, 0.2) is 41.6 Å². The minimum atomic E-state index is -0.499. The van der Waals surface area contributed by atoms with Gasteiger partial charge in [0.25, 0.3) is 11.6 Å². The Morgan fingerprint density at radius 3 is 2.59 bits per heavy atom. The smallest absolute Gasteiger partial charge is 0.278 e. The highest BCUT2D eigenvalue weighted by Gasteiger charge is 2.23. The zero-order valence-electron chi connectivity index (χ0n) is 16.2. The topological polar surface area (TPSA) is 104 Å². The molecule has 2 aromatic carbocycles. The van der Waals surface area contributed by atoms with E-state index in [9.17, 15) is 14.9 Å². The lowest BCUT2D eigenvalue weighted by Crippen LogP contribution is -2.38. The summed E-state index contributed by atoms with van der Waals surface area (Å²) in [6, 6.07) is 9.97. The summed E-state index contributed by atoms with van der Waals surface area (Å²) in [5.74, 6) is 1.06. The first-order chi connectivity index (χ1) is 14.0. The first-order valence-corrected chi connectivity index (χ1v) is 8.93. The molecule has 3 rings (SSSR count). The molecule has 0 aromatic heterocycles. The lowest BCUT2D eigenvalue weighted by Gasteiger charge is -2.29. The van der Waals surface area contributed by atoms with Gasteiger partial charge in [-0.1, -0.05) is 17.3 Å². The minimum Gasteiger partial charge on any atom is -0.493 e. The van der Waals surface area contributed by atoms with Crippen LogP contribution in [0.2, 0.25) is 0 Å². The van der Waals surface area contributed by atoms with Gasteiger partial charge in [0.1, 0.15) is 0 Å². The van der Waals surface area contributed by atoms with Crippen LogP contribution < -0.4 is 9.47 Å². The van der Waals surface area contributed by atoms with Crippen molar-refractivity contribution in [2.24, 2.45) is 5.16 Å². The first-order valence-electron chi connectivity index (χ1n) is 8.93. The number of hydrogen-bond acceptors (Lipinski definition) is 7. The Kier molecular flexibility index (Phi) is 6.28. The molecular formula is C20H21N3O6. The van der Waals surface area contributed by atoms with Crippen molar-refractivity contribution < 1.29 is 24.0 Å². The van der Waals surface area contributed by atoms with Gasteiger partial charge in [-0.05, 0) is 35.7 Å². The van der Waals surface area contributed by atoms with Crippen molar-refractivity contribution in [2.75, 3.05) is 27.4 Å². The number of methoxy groups -OCH3 is 2. The molecule has 152 valence electrons. The number of nitro groups is 1. The van der Waals surface area contributed by atoms with E-state index in [-0.39, 0.29) is 18.2 Å². The maximum atomic E-state index is 12.4. The van der Waals surface area contributed by atoms with E-state index in [1.165, 1.54) is 12.3 Å². The van der Waals surface area contributed by atoms with Crippen molar-refractivity contribution in [1.82, 2.24) is 4.90 Å². The molecule has 0 N–H and O–H groups in total. The van der Waals surface area contributed by atoms with E-state index in [0.717, 1.165) is 11.1 Å². The highest BCUT2D eigenvalue weighted by atomic mass is 16.6. The minimum absolute atomic E-state index is 0.0804. The molecule has 0 saturated heterocycles. The first kappa shape index (κ1) is 20.1. The molecule has 0 bridgehead atoms. The molecular weight excluding hydrogens is 378 g/mol. The summed E-state index contributed by atoms with van der Waals surface area (Å²) >= 11 is 0. The third-order valence-corrected chi connectivity index (χ3v) is 4.66. The second kappa shape index (κ2) is 9.05. The molecule has 29 heavy (non-hydrogen) atoms. The van der Waals surface area contributed by atoms with Crippen LogP contribution in [0, 0.1) is 10.1 Å². The van der Waals surface area contributed by atoms with Gasteiger partial charge in [-0.25, -0.2) is 0 Å². The second-order valence-electron chi connectivity index (χ2n) is 6.37. The molecule has 9 nitrogen and oxygen atoms in total. The summed E-state index contributed by atoms with van der Waals surface area (Å²) in [6.45, 7) is 0.740. The number of amides is 1.